The maximum atomic E-state index is 12.5. The maximum Gasteiger partial charge on any atom is 0.335 e. The van der Waals surface area contributed by atoms with E-state index in [4.69, 9.17) is 21.4 Å². The molecule has 6 nitrogen and oxygen atoms in total. The van der Waals surface area contributed by atoms with E-state index < -0.39 is 16.0 Å². The Labute approximate surface area is 151 Å². The van der Waals surface area contributed by atoms with Gasteiger partial charge in [-0.1, -0.05) is 24.9 Å². The predicted molar refractivity (Wildman–Crippen MR) is 96.1 cm³/mol. The van der Waals surface area contributed by atoms with E-state index in [0.29, 0.717) is 17.4 Å². The monoisotopic (exact) mass is 383 g/mol. The highest BCUT2D eigenvalue weighted by atomic mass is 35.5. The second-order valence-electron chi connectivity index (χ2n) is 5.28. The van der Waals surface area contributed by atoms with Crippen molar-refractivity contribution in [3.05, 3.63) is 53.1 Å². The summed E-state index contributed by atoms with van der Waals surface area (Å²) in [6, 6.07) is 9.62. The van der Waals surface area contributed by atoms with E-state index in [1.54, 1.807) is 0 Å². The van der Waals surface area contributed by atoms with Gasteiger partial charge in [-0.2, -0.15) is 0 Å². The number of aromatic carboxylic acids is 1. The molecule has 0 unspecified atom stereocenters. The fraction of sp³-hybridized carbons (Fsp3) is 0.235. The number of ether oxygens (including phenoxy) is 1. The maximum absolute atomic E-state index is 12.5. The molecule has 0 spiro atoms. The van der Waals surface area contributed by atoms with Crippen LogP contribution in [0.4, 0.5) is 5.69 Å². The summed E-state index contributed by atoms with van der Waals surface area (Å²) in [5.41, 5.74) is 0.328. The van der Waals surface area contributed by atoms with Crippen molar-refractivity contribution >= 4 is 33.3 Å². The Hall–Kier alpha value is -2.25. The number of anilines is 1. The zero-order valence-corrected chi connectivity index (χ0v) is 15.1. The van der Waals surface area contributed by atoms with Gasteiger partial charge in [-0.15, -0.1) is 0 Å². The predicted octanol–water partition coefficient (Wildman–Crippen LogP) is 4.02. The van der Waals surface area contributed by atoms with Gasteiger partial charge in [0.25, 0.3) is 10.0 Å². The Kier molecular flexibility index (Phi) is 6.27. The number of carboxylic acids is 1. The van der Waals surface area contributed by atoms with E-state index in [1.807, 2.05) is 6.92 Å². The molecule has 0 aliphatic rings. The molecule has 0 aliphatic carbocycles. The molecule has 2 aromatic carbocycles. The van der Waals surface area contributed by atoms with Crippen LogP contribution in [-0.4, -0.2) is 26.1 Å². The van der Waals surface area contributed by atoms with Crippen LogP contribution in [-0.2, 0) is 10.0 Å². The smallest absolute Gasteiger partial charge is 0.335 e. The van der Waals surface area contributed by atoms with Crippen LogP contribution in [0, 0.1) is 0 Å². The van der Waals surface area contributed by atoms with Crippen molar-refractivity contribution in [2.24, 2.45) is 0 Å². The zero-order valence-electron chi connectivity index (χ0n) is 13.5. The second-order valence-corrected chi connectivity index (χ2v) is 7.37. The molecule has 0 atom stereocenters. The fourth-order valence-corrected chi connectivity index (χ4v) is 3.23. The number of hydrogen-bond donors (Lipinski definition) is 2. The Balaban J connectivity index is 2.20. The molecule has 2 N–H and O–H groups in total. The second kappa shape index (κ2) is 8.22. The quantitative estimate of drug-likeness (QED) is 0.671. The molecule has 0 amide bonds. The molecule has 0 fully saturated rings. The third-order valence-electron chi connectivity index (χ3n) is 3.35. The first-order valence-electron chi connectivity index (χ1n) is 7.62. The number of nitrogens with one attached hydrogen (secondary N) is 1. The molecule has 25 heavy (non-hydrogen) atoms. The van der Waals surface area contributed by atoms with Gasteiger partial charge >= 0.3 is 5.97 Å². The highest BCUT2D eigenvalue weighted by Crippen LogP contribution is 2.28. The van der Waals surface area contributed by atoms with Crippen molar-refractivity contribution < 1.29 is 23.1 Å². The van der Waals surface area contributed by atoms with Crippen LogP contribution in [0.5, 0.6) is 5.75 Å². The largest absolute Gasteiger partial charge is 0.492 e. The number of carboxylic acid groups (broad SMARTS) is 1. The lowest BCUT2D eigenvalue weighted by Gasteiger charge is -2.12. The summed E-state index contributed by atoms with van der Waals surface area (Å²) in [5.74, 6) is -0.778. The van der Waals surface area contributed by atoms with Crippen LogP contribution in [0.1, 0.15) is 30.1 Å². The minimum absolute atomic E-state index is 0.00529. The van der Waals surface area contributed by atoms with Crippen molar-refractivity contribution in [2.45, 2.75) is 24.7 Å². The Bertz CT molecular complexity index is 850. The summed E-state index contributed by atoms with van der Waals surface area (Å²) in [6.45, 7) is 2.47. The van der Waals surface area contributed by atoms with Crippen LogP contribution in [0.3, 0.4) is 0 Å². The van der Waals surface area contributed by atoms with Crippen LogP contribution in [0.2, 0.25) is 5.02 Å². The Morgan fingerprint density at radius 1 is 1.20 bits per heavy atom. The third kappa shape index (κ3) is 5.11. The molecule has 0 saturated heterocycles. The van der Waals surface area contributed by atoms with Crippen LogP contribution >= 0.6 is 11.6 Å². The minimum Gasteiger partial charge on any atom is -0.492 e. The molecule has 0 aliphatic heterocycles. The van der Waals surface area contributed by atoms with Gasteiger partial charge in [0.15, 0.2) is 0 Å². The van der Waals surface area contributed by atoms with E-state index in [1.165, 1.54) is 42.5 Å². The normalized spacial score (nSPS) is 11.1. The van der Waals surface area contributed by atoms with Gasteiger partial charge in [0.05, 0.1) is 22.1 Å². The first kappa shape index (κ1) is 19.1. The molecule has 0 radical (unpaired) electrons. The fourth-order valence-electron chi connectivity index (χ4n) is 1.98. The van der Waals surface area contributed by atoms with Gasteiger partial charge in [0.1, 0.15) is 5.75 Å². The summed E-state index contributed by atoms with van der Waals surface area (Å²) < 4.78 is 32.9. The van der Waals surface area contributed by atoms with Gasteiger partial charge < -0.3 is 9.84 Å². The van der Waals surface area contributed by atoms with Crippen molar-refractivity contribution in [2.75, 3.05) is 11.3 Å². The van der Waals surface area contributed by atoms with E-state index in [-0.39, 0.29) is 16.1 Å². The molecule has 0 bridgehead atoms. The molecular formula is C17H18ClNO5S. The highest BCUT2D eigenvalue weighted by molar-refractivity contribution is 7.92. The number of sulfonamides is 1. The topological polar surface area (TPSA) is 92.7 Å². The van der Waals surface area contributed by atoms with E-state index in [0.717, 1.165) is 12.8 Å². The number of carbonyl (C=O) groups is 1. The van der Waals surface area contributed by atoms with Crippen molar-refractivity contribution in [3.8, 4) is 5.75 Å². The molecule has 2 aromatic rings. The average molecular weight is 384 g/mol. The first-order valence-corrected chi connectivity index (χ1v) is 9.48. The SMILES string of the molecule is CCCCOc1cc(S(=O)(=O)Nc2ccc(C(=O)O)cc2)ccc1Cl. The molecule has 134 valence electrons. The van der Waals surface area contributed by atoms with E-state index in [9.17, 15) is 13.2 Å². The molecule has 0 heterocycles. The van der Waals surface area contributed by atoms with E-state index >= 15 is 0 Å². The number of benzene rings is 2. The molecular weight excluding hydrogens is 366 g/mol. The van der Waals surface area contributed by atoms with Gasteiger partial charge in [0, 0.05) is 11.8 Å². The molecule has 2 rings (SSSR count). The average Bonchev–Trinajstić information content (AvgIpc) is 2.56. The lowest BCUT2D eigenvalue weighted by atomic mass is 10.2. The number of hydrogen-bond acceptors (Lipinski definition) is 4. The summed E-state index contributed by atoms with van der Waals surface area (Å²) >= 11 is 6.04. The van der Waals surface area contributed by atoms with Gasteiger partial charge in [-0.3, -0.25) is 4.72 Å². The Morgan fingerprint density at radius 3 is 2.48 bits per heavy atom. The van der Waals surface area contributed by atoms with Crippen LogP contribution in [0.15, 0.2) is 47.4 Å². The first-order chi connectivity index (χ1) is 11.8. The molecule has 0 aromatic heterocycles. The highest BCUT2D eigenvalue weighted by Gasteiger charge is 2.17. The van der Waals surface area contributed by atoms with E-state index in [2.05, 4.69) is 4.72 Å². The van der Waals surface area contributed by atoms with Crippen molar-refractivity contribution in [3.63, 3.8) is 0 Å². The van der Waals surface area contributed by atoms with Gasteiger partial charge in [0.2, 0.25) is 0 Å². The van der Waals surface area contributed by atoms with Crippen LogP contribution in [0.25, 0.3) is 0 Å². The number of halogens is 1. The molecule has 0 saturated carbocycles. The number of rotatable bonds is 8. The summed E-state index contributed by atoms with van der Waals surface area (Å²) in [7, 11) is -3.85. The van der Waals surface area contributed by atoms with Gasteiger partial charge in [-0.05, 0) is 42.8 Å². The standard InChI is InChI=1S/C17H18ClNO5S/c1-2-3-10-24-16-11-14(8-9-15(16)18)25(22,23)19-13-6-4-12(5-7-13)17(20)21/h4-9,11,19H,2-3,10H2,1H3,(H,20,21). The summed E-state index contributed by atoms with van der Waals surface area (Å²) in [5, 5.41) is 9.20. The van der Waals surface area contributed by atoms with Gasteiger partial charge in [-0.25, -0.2) is 13.2 Å². The summed E-state index contributed by atoms with van der Waals surface area (Å²) in [6.07, 6.45) is 1.78. The van der Waals surface area contributed by atoms with Crippen LogP contribution < -0.4 is 9.46 Å². The molecule has 8 heteroatoms. The Morgan fingerprint density at radius 2 is 1.88 bits per heavy atom. The third-order valence-corrected chi connectivity index (χ3v) is 5.04. The number of unbranched alkanes of at least 4 members (excludes halogenated alkanes) is 1. The summed E-state index contributed by atoms with van der Waals surface area (Å²) in [4.78, 5) is 10.8. The van der Waals surface area contributed by atoms with Crippen molar-refractivity contribution in [1.82, 2.24) is 0 Å². The lowest BCUT2D eigenvalue weighted by Crippen LogP contribution is -2.13. The zero-order chi connectivity index (χ0) is 18.4. The minimum atomic E-state index is -3.85. The lowest BCUT2D eigenvalue weighted by molar-refractivity contribution is 0.0697. The van der Waals surface area contributed by atoms with Crippen molar-refractivity contribution in [1.29, 1.82) is 0 Å².